The first-order chi connectivity index (χ1) is 34.0. The molecule has 356 valence electrons. The normalized spacial score (nSPS) is 13.8. The summed E-state index contributed by atoms with van der Waals surface area (Å²) in [5.41, 5.74) is 4.57. The van der Waals surface area contributed by atoms with Crippen LogP contribution in [-0.4, -0.2) is 67.3 Å². The van der Waals surface area contributed by atoms with Crippen LogP contribution < -0.4 is 34.9 Å². The molecule has 0 aliphatic carbocycles. The molecule has 0 atom stereocenters. The number of aliphatic hydroxyl groups excluding tert-OH is 1. The highest BCUT2D eigenvalue weighted by Gasteiger charge is 2.21. The number of nitrogens with one attached hydrogen (secondary N) is 3. The third-order valence-corrected chi connectivity index (χ3v) is 11.6. The second-order valence-corrected chi connectivity index (χ2v) is 16.7. The van der Waals surface area contributed by atoms with Crippen molar-refractivity contribution in [3.05, 3.63) is 216 Å². The third-order valence-electron chi connectivity index (χ3n) is 11.6. The molecular formula is C58H62N4O7. The Morgan fingerprint density at radius 3 is 1.30 bits per heavy atom. The number of carbonyl (C=O) groups excluding carboxylic acids is 2. The highest BCUT2D eigenvalue weighted by Crippen LogP contribution is 2.25. The molecule has 2 amide bonds. The fourth-order valence-electron chi connectivity index (χ4n) is 7.95. The topological polar surface area (TPSA) is 131 Å². The number of para-hydroxylation sites is 2. The average Bonchev–Trinajstić information content (AvgIpc) is 3.40. The zero-order valence-electron chi connectivity index (χ0n) is 39.2. The molecule has 7 aromatic carbocycles. The van der Waals surface area contributed by atoms with Gasteiger partial charge >= 0.3 is 0 Å². The summed E-state index contributed by atoms with van der Waals surface area (Å²) in [6, 6.07) is 60.0. The fraction of sp³-hybridized carbons (Fsp3) is 0.241. The number of ether oxygens (including phenoxy) is 4. The van der Waals surface area contributed by atoms with Gasteiger partial charge in [-0.3, -0.25) is 14.5 Å². The number of aliphatic hydroxyl groups is 1. The molecule has 0 unspecified atom stereocenters. The maximum Gasteiger partial charge on any atom is 0.251 e. The van der Waals surface area contributed by atoms with Crippen LogP contribution in [0.5, 0.6) is 34.5 Å². The second kappa shape index (κ2) is 26.8. The number of nitrogens with zero attached hydrogens (tertiary/aromatic N) is 1. The van der Waals surface area contributed by atoms with Gasteiger partial charge in [-0.1, -0.05) is 91.0 Å². The van der Waals surface area contributed by atoms with Gasteiger partial charge in [-0.25, -0.2) is 0 Å². The molecule has 0 spiro atoms. The van der Waals surface area contributed by atoms with Crippen molar-refractivity contribution in [3.63, 3.8) is 0 Å². The Kier molecular flexibility index (Phi) is 19.2. The van der Waals surface area contributed by atoms with E-state index in [0.717, 1.165) is 99.6 Å². The summed E-state index contributed by atoms with van der Waals surface area (Å²) < 4.78 is 23.9. The Labute approximate surface area is 406 Å². The van der Waals surface area contributed by atoms with E-state index in [4.69, 9.17) is 24.1 Å². The van der Waals surface area contributed by atoms with E-state index in [1.807, 2.05) is 121 Å². The third kappa shape index (κ3) is 16.4. The predicted molar refractivity (Wildman–Crippen MR) is 271 cm³/mol. The molecule has 2 aliphatic rings. The van der Waals surface area contributed by atoms with Crippen molar-refractivity contribution in [2.45, 2.75) is 57.5 Å². The second-order valence-electron chi connectivity index (χ2n) is 16.7. The van der Waals surface area contributed by atoms with Gasteiger partial charge in [0.2, 0.25) is 0 Å². The smallest absolute Gasteiger partial charge is 0.251 e. The summed E-state index contributed by atoms with van der Waals surface area (Å²) in [5.74, 6) is 4.39. The van der Waals surface area contributed by atoms with Gasteiger partial charge in [0.05, 0.1) is 0 Å². The molecule has 0 saturated carbocycles. The zero-order valence-corrected chi connectivity index (χ0v) is 39.2. The highest BCUT2D eigenvalue weighted by atomic mass is 16.5. The van der Waals surface area contributed by atoms with Crippen LogP contribution in [0, 0.1) is 0 Å². The van der Waals surface area contributed by atoms with E-state index in [9.17, 15) is 9.59 Å². The van der Waals surface area contributed by atoms with Crippen LogP contribution in [-0.2, 0) is 19.6 Å². The number of benzene rings is 7. The van der Waals surface area contributed by atoms with Crippen LogP contribution in [0.4, 0.5) is 0 Å². The van der Waals surface area contributed by atoms with E-state index in [1.165, 1.54) is 5.56 Å². The Morgan fingerprint density at radius 1 is 0.478 bits per heavy atom. The lowest BCUT2D eigenvalue weighted by Gasteiger charge is -2.32. The first-order valence-corrected chi connectivity index (χ1v) is 23.6. The molecule has 4 N–H and O–H groups in total. The van der Waals surface area contributed by atoms with E-state index in [-0.39, 0.29) is 24.0 Å². The molecule has 2 saturated heterocycles. The van der Waals surface area contributed by atoms with Gasteiger partial charge in [0, 0.05) is 51.0 Å². The van der Waals surface area contributed by atoms with Crippen LogP contribution in [0.25, 0.3) is 0 Å². The number of hydrogen-bond donors (Lipinski definition) is 4. The Morgan fingerprint density at radius 2 is 0.855 bits per heavy atom. The van der Waals surface area contributed by atoms with Crippen molar-refractivity contribution in [2.24, 2.45) is 0 Å². The maximum atomic E-state index is 12.7. The van der Waals surface area contributed by atoms with Crippen LogP contribution in [0.2, 0.25) is 0 Å². The monoisotopic (exact) mass is 926 g/mol. The van der Waals surface area contributed by atoms with Crippen LogP contribution in [0.1, 0.15) is 63.1 Å². The van der Waals surface area contributed by atoms with E-state index in [2.05, 4.69) is 51.2 Å². The number of carbonyl (C=O) groups is 2. The number of rotatable bonds is 16. The van der Waals surface area contributed by atoms with Crippen LogP contribution in [0.15, 0.2) is 188 Å². The lowest BCUT2D eigenvalue weighted by atomic mass is 10.1. The molecule has 0 aromatic heterocycles. The molecule has 69 heavy (non-hydrogen) atoms. The van der Waals surface area contributed by atoms with Crippen molar-refractivity contribution in [2.75, 3.05) is 33.3 Å². The van der Waals surface area contributed by atoms with Gasteiger partial charge in [0.1, 0.15) is 46.7 Å². The summed E-state index contributed by atoms with van der Waals surface area (Å²) >= 11 is 0. The first-order valence-electron chi connectivity index (χ1n) is 23.6. The number of amides is 2. The van der Waals surface area contributed by atoms with E-state index in [1.54, 1.807) is 36.4 Å². The van der Waals surface area contributed by atoms with E-state index < -0.39 is 0 Å². The minimum absolute atomic E-state index is 0.120. The summed E-state index contributed by atoms with van der Waals surface area (Å²) in [4.78, 5) is 27.7. The van der Waals surface area contributed by atoms with Gasteiger partial charge in [0.15, 0.2) is 0 Å². The summed E-state index contributed by atoms with van der Waals surface area (Å²) in [7, 11) is 1.00. The van der Waals surface area contributed by atoms with Crippen LogP contribution >= 0.6 is 0 Å². The number of hydrogen-bond acceptors (Lipinski definition) is 9. The Hall–Kier alpha value is -7.44. The fourth-order valence-corrected chi connectivity index (χ4v) is 7.95. The standard InChI is InChI=1S/C32H32N2O3.C25H26N2O3.CH4O/c35-32(27-14-16-29(17-15-27)36-28-11-5-2-6-12-28)33-23-26-10-7-13-31(22-26)37-30-18-20-34(21-19-30)24-25-8-3-1-4-9-25;28-25(20-9-11-22(12-10-20)29-21-6-2-1-3-7-21)27-18-19-5-4-8-24(17-19)30-23-13-15-26-16-14-23;1-2/h1-17,22,30H,18-21,23-24H2,(H,33,35);1-12,17,23,26H,13-16,18H2,(H,27,28);2H,1H3. The van der Waals surface area contributed by atoms with Crippen molar-refractivity contribution >= 4 is 11.8 Å². The van der Waals surface area contributed by atoms with Gasteiger partial charge in [-0.05, 0) is 153 Å². The summed E-state index contributed by atoms with van der Waals surface area (Å²) in [6.07, 6.45) is 4.53. The minimum atomic E-state index is -0.122. The number of piperidine rings is 2. The lowest BCUT2D eigenvalue weighted by molar-refractivity contribution is 0.0942. The van der Waals surface area contributed by atoms with E-state index >= 15 is 0 Å². The Bertz CT molecular complexity index is 2580. The molecule has 11 nitrogen and oxygen atoms in total. The minimum Gasteiger partial charge on any atom is -0.490 e. The summed E-state index contributed by atoms with van der Waals surface area (Å²) in [6.45, 7) is 5.93. The summed E-state index contributed by atoms with van der Waals surface area (Å²) in [5, 5.41) is 16.3. The quantitative estimate of drug-likeness (QED) is 0.0748. The zero-order chi connectivity index (χ0) is 47.9. The van der Waals surface area contributed by atoms with Crippen molar-refractivity contribution in [3.8, 4) is 34.5 Å². The average molecular weight is 927 g/mol. The SMILES string of the molecule is CO.O=C(NCc1cccc(OC2CCN(Cc3ccccc3)CC2)c1)c1ccc(Oc2ccccc2)cc1.O=C(NCc1cccc(OC2CCNCC2)c1)c1ccc(Oc2ccccc2)cc1. The largest absolute Gasteiger partial charge is 0.490 e. The molecule has 2 aliphatic heterocycles. The predicted octanol–water partition coefficient (Wildman–Crippen LogP) is 10.6. The molecule has 0 radical (unpaired) electrons. The Balaban J connectivity index is 0.000000201. The molecule has 7 aromatic rings. The van der Waals surface area contributed by atoms with Crippen molar-refractivity contribution in [1.82, 2.24) is 20.9 Å². The molecule has 2 heterocycles. The molecule has 0 bridgehead atoms. The van der Waals surface area contributed by atoms with Crippen molar-refractivity contribution < 1.29 is 33.6 Å². The van der Waals surface area contributed by atoms with Crippen LogP contribution in [0.3, 0.4) is 0 Å². The highest BCUT2D eigenvalue weighted by molar-refractivity contribution is 5.94. The van der Waals surface area contributed by atoms with Gasteiger partial charge in [-0.15, -0.1) is 0 Å². The number of likely N-dealkylation sites (tertiary alicyclic amines) is 1. The van der Waals surface area contributed by atoms with Crippen molar-refractivity contribution in [1.29, 1.82) is 0 Å². The van der Waals surface area contributed by atoms with E-state index in [0.29, 0.717) is 35.7 Å². The lowest BCUT2D eigenvalue weighted by Crippen LogP contribution is -2.37. The molecular weight excluding hydrogens is 865 g/mol. The molecule has 9 rings (SSSR count). The first kappa shape index (κ1) is 49.5. The van der Waals surface area contributed by atoms with Gasteiger partial charge < -0.3 is 40.0 Å². The maximum absolute atomic E-state index is 12.7. The molecule has 2 fully saturated rings. The molecule has 11 heteroatoms. The van der Waals surface area contributed by atoms with Gasteiger partial charge in [0.25, 0.3) is 11.8 Å². The van der Waals surface area contributed by atoms with Gasteiger partial charge in [-0.2, -0.15) is 0 Å².